The predicted molar refractivity (Wildman–Crippen MR) is 98.5 cm³/mol. The lowest BCUT2D eigenvalue weighted by atomic mass is 10.1. The molecule has 2 heterocycles. The minimum absolute atomic E-state index is 0.129. The second kappa shape index (κ2) is 7.25. The van der Waals surface area contributed by atoms with Gasteiger partial charge in [-0.15, -0.1) is 21.5 Å². The summed E-state index contributed by atoms with van der Waals surface area (Å²) in [6, 6.07) is 9.86. The molecule has 0 aliphatic heterocycles. The number of hydrogen-bond donors (Lipinski definition) is 1. The molecule has 0 fully saturated rings. The summed E-state index contributed by atoms with van der Waals surface area (Å²) in [5.74, 6) is 0.516. The predicted octanol–water partition coefficient (Wildman–Crippen LogP) is 4.94. The molecule has 0 aliphatic rings. The summed E-state index contributed by atoms with van der Waals surface area (Å²) in [5, 5.41) is 14.2. The quantitative estimate of drug-likeness (QED) is 0.498. The highest BCUT2D eigenvalue weighted by atomic mass is 32.2. The first-order chi connectivity index (χ1) is 11.1. The van der Waals surface area contributed by atoms with Crippen molar-refractivity contribution in [3.05, 3.63) is 51.7 Å². The van der Waals surface area contributed by atoms with Gasteiger partial charge in [0.1, 0.15) is 0 Å². The highest BCUT2D eigenvalue weighted by molar-refractivity contribution is 8.01. The van der Waals surface area contributed by atoms with Gasteiger partial charge in [-0.2, -0.15) is 0 Å². The molecule has 0 unspecified atom stereocenters. The fraction of sp³-hybridized carbons (Fsp3) is 0.188. The lowest BCUT2D eigenvalue weighted by Crippen LogP contribution is -1.98. The van der Waals surface area contributed by atoms with Crippen LogP contribution in [0.4, 0.5) is 10.8 Å². The lowest BCUT2D eigenvalue weighted by Gasteiger charge is -2.08. The molecule has 0 atom stereocenters. The number of carbonyl (C=O) groups excluding carboxylic acids is 1. The van der Waals surface area contributed by atoms with Gasteiger partial charge in [0.15, 0.2) is 10.1 Å². The number of carbonyl (C=O) groups is 1. The average Bonchev–Trinajstić information content (AvgIpc) is 3.21. The number of benzene rings is 1. The van der Waals surface area contributed by atoms with E-state index in [1.807, 2.05) is 29.6 Å². The number of thiophene rings is 1. The van der Waals surface area contributed by atoms with Crippen LogP contribution in [0.5, 0.6) is 0 Å². The standard InChI is InChI=1S/C16H15N3OS3/c1-10-5-3-6-12(11(10)2)17-15-18-19-16(23-15)22-9-13(20)14-7-4-8-21-14/h3-8H,9H2,1-2H3,(H,17,18). The number of nitrogens with one attached hydrogen (secondary N) is 1. The van der Waals surface area contributed by atoms with Crippen LogP contribution in [-0.2, 0) is 0 Å². The zero-order valence-corrected chi connectivity index (χ0v) is 15.1. The van der Waals surface area contributed by atoms with Crippen LogP contribution in [0.25, 0.3) is 0 Å². The maximum Gasteiger partial charge on any atom is 0.210 e. The highest BCUT2D eigenvalue weighted by Crippen LogP contribution is 2.30. The molecule has 0 radical (unpaired) electrons. The van der Waals surface area contributed by atoms with Crippen molar-refractivity contribution >= 4 is 51.0 Å². The number of anilines is 2. The summed E-state index contributed by atoms with van der Waals surface area (Å²) in [6.45, 7) is 4.16. The second-order valence-electron chi connectivity index (χ2n) is 4.93. The number of rotatable bonds is 6. The summed E-state index contributed by atoms with van der Waals surface area (Å²) in [4.78, 5) is 12.8. The van der Waals surface area contributed by atoms with Gasteiger partial charge in [-0.25, -0.2) is 0 Å². The summed E-state index contributed by atoms with van der Waals surface area (Å²) in [7, 11) is 0. The molecule has 1 aromatic carbocycles. The molecule has 3 aromatic rings. The fourth-order valence-corrected chi connectivity index (χ4v) is 4.36. The van der Waals surface area contributed by atoms with Crippen LogP contribution in [0.2, 0.25) is 0 Å². The third-order valence-corrected chi connectivity index (χ3v) is 6.26. The van der Waals surface area contributed by atoms with Crippen LogP contribution < -0.4 is 5.32 Å². The zero-order valence-electron chi connectivity index (χ0n) is 12.7. The van der Waals surface area contributed by atoms with Crippen molar-refractivity contribution in [2.45, 2.75) is 18.2 Å². The van der Waals surface area contributed by atoms with Crippen molar-refractivity contribution in [1.29, 1.82) is 0 Å². The molecule has 0 saturated heterocycles. The number of nitrogens with zero attached hydrogens (tertiary/aromatic N) is 2. The van der Waals surface area contributed by atoms with Gasteiger partial charge in [-0.1, -0.05) is 41.3 Å². The minimum atomic E-state index is 0.129. The summed E-state index contributed by atoms with van der Waals surface area (Å²) in [6.07, 6.45) is 0. The molecule has 23 heavy (non-hydrogen) atoms. The third kappa shape index (κ3) is 3.99. The largest absolute Gasteiger partial charge is 0.330 e. The third-order valence-electron chi connectivity index (χ3n) is 3.38. The van der Waals surface area contributed by atoms with Crippen molar-refractivity contribution in [2.24, 2.45) is 0 Å². The van der Waals surface area contributed by atoms with Gasteiger partial charge in [0.2, 0.25) is 5.13 Å². The van der Waals surface area contributed by atoms with E-state index in [9.17, 15) is 4.79 Å². The maximum absolute atomic E-state index is 12.0. The molecule has 0 bridgehead atoms. The van der Waals surface area contributed by atoms with E-state index >= 15 is 0 Å². The minimum Gasteiger partial charge on any atom is -0.330 e. The summed E-state index contributed by atoms with van der Waals surface area (Å²) < 4.78 is 0.794. The van der Waals surface area contributed by atoms with Crippen molar-refractivity contribution in [2.75, 3.05) is 11.1 Å². The molecule has 3 rings (SSSR count). The smallest absolute Gasteiger partial charge is 0.210 e. The van der Waals surface area contributed by atoms with Gasteiger partial charge in [0.25, 0.3) is 0 Å². The Hall–Kier alpha value is -1.70. The molecule has 0 aliphatic carbocycles. The van der Waals surface area contributed by atoms with E-state index in [2.05, 4.69) is 35.4 Å². The van der Waals surface area contributed by atoms with Crippen LogP contribution in [-0.4, -0.2) is 21.7 Å². The number of aryl methyl sites for hydroxylation is 1. The van der Waals surface area contributed by atoms with Gasteiger partial charge in [0, 0.05) is 5.69 Å². The Balaban J connectivity index is 1.62. The van der Waals surface area contributed by atoms with E-state index in [1.54, 1.807) is 0 Å². The average molecular weight is 362 g/mol. The van der Waals surface area contributed by atoms with Gasteiger partial charge in [0.05, 0.1) is 10.6 Å². The molecule has 0 amide bonds. The molecule has 1 N–H and O–H groups in total. The van der Waals surface area contributed by atoms with E-state index in [4.69, 9.17) is 0 Å². The molecular formula is C16H15N3OS3. The number of hydrogen-bond acceptors (Lipinski definition) is 7. The Labute approximate surface area is 147 Å². The van der Waals surface area contributed by atoms with Gasteiger partial charge in [-0.05, 0) is 42.5 Å². The highest BCUT2D eigenvalue weighted by Gasteiger charge is 2.11. The topological polar surface area (TPSA) is 54.9 Å². The molecule has 0 spiro atoms. The molecule has 118 valence electrons. The van der Waals surface area contributed by atoms with E-state index in [0.717, 1.165) is 20.0 Å². The first-order valence-electron chi connectivity index (χ1n) is 7.00. The Morgan fingerprint density at radius 3 is 2.87 bits per heavy atom. The second-order valence-corrected chi connectivity index (χ2v) is 8.08. The van der Waals surface area contributed by atoms with Crippen LogP contribution in [0.3, 0.4) is 0 Å². The van der Waals surface area contributed by atoms with Crippen molar-refractivity contribution in [3.8, 4) is 0 Å². The number of Topliss-reactive ketones (excluding diaryl/α,β-unsaturated/α-hetero) is 1. The first kappa shape index (κ1) is 16.2. The van der Waals surface area contributed by atoms with Gasteiger partial charge in [-0.3, -0.25) is 4.79 Å². The van der Waals surface area contributed by atoms with Crippen molar-refractivity contribution in [3.63, 3.8) is 0 Å². The Morgan fingerprint density at radius 2 is 2.09 bits per heavy atom. The maximum atomic E-state index is 12.0. The van der Waals surface area contributed by atoms with Crippen LogP contribution in [0, 0.1) is 13.8 Å². The molecular weight excluding hydrogens is 346 g/mol. The first-order valence-corrected chi connectivity index (χ1v) is 9.68. The Bertz CT molecular complexity index is 812. The van der Waals surface area contributed by atoms with Crippen molar-refractivity contribution < 1.29 is 4.79 Å². The van der Waals surface area contributed by atoms with Gasteiger partial charge >= 0.3 is 0 Å². The van der Waals surface area contributed by atoms with E-state index in [1.165, 1.54) is 45.6 Å². The summed E-state index contributed by atoms with van der Waals surface area (Å²) in [5.41, 5.74) is 3.47. The van der Waals surface area contributed by atoms with E-state index < -0.39 is 0 Å². The van der Waals surface area contributed by atoms with Crippen molar-refractivity contribution in [1.82, 2.24) is 10.2 Å². The SMILES string of the molecule is Cc1cccc(Nc2nnc(SCC(=O)c3cccs3)s2)c1C. The van der Waals surface area contributed by atoms with Gasteiger partial charge < -0.3 is 5.32 Å². The lowest BCUT2D eigenvalue weighted by molar-refractivity contribution is 0.102. The monoisotopic (exact) mass is 361 g/mol. The normalized spacial score (nSPS) is 10.7. The Morgan fingerprint density at radius 1 is 1.22 bits per heavy atom. The number of thioether (sulfide) groups is 1. The zero-order chi connectivity index (χ0) is 16.2. The van der Waals surface area contributed by atoms with Crippen LogP contribution >= 0.6 is 34.4 Å². The van der Waals surface area contributed by atoms with E-state index in [-0.39, 0.29) is 5.78 Å². The summed E-state index contributed by atoms with van der Waals surface area (Å²) >= 11 is 4.36. The van der Waals surface area contributed by atoms with E-state index in [0.29, 0.717) is 5.75 Å². The Kier molecular flexibility index (Phi) is 5.09. The molecule has 7 heteroatoms. The number of ketones is 1. The molecule has 0 saturated carbocycles. The molecule has 4 nitrogen and oxygen atoms in total. The van der Waals surface area contributed by atoms with Crippen LogP contribution in [0.15, 0.2) is 40.1 Å². The van der Waals surface area contributed by atoms with Crippen LogP contribution in [0.1, 0.15) is 20.8 Å². The number of aromatic nitrogens is 2. The molecule has 2 aromatic heterocycles. The fourth-order valence-electron chi connectivity index (χ4n) is 1.96.